The standard InChI is InChI=1S/C23H32N2O5.C6H15N/c1-3-30-23(29)18(13-12-16-8-5-4-6-9-16)24-15(2)21(26)25-19-11-7-10-17(19)14-20(25)22(27)28;1-4-7(5-2)6-3/h4-6,8-9,15,17-20,24H,3,7,10-14H2,1-2H3,(H,27,28);4-6H2,1-3H3/t15-,17-,18-,19-,20-;/m0./s1. The number of amides is 1. The van der Waals surface area contributed by atoms with E-state index >= 15 is 0 Å². The number of aliphatic carboxylic acids is 1. The summed E-state index contributed by atoms with van der Waals surface area (Å²) in [7, 11) is 0. The first-order chi connectivity index (χ1) is 17.8. The SMILES string of the molecule is CCN(CC)CC.CCOC(=O)[C@H](CCc1ccccc1)N[C@@H](C)C(=O)N1[C@H](C(=O)O)C[C@@H]2CCC[C@@H]21. The number of ether oxygens (including phenoxy) is 1. The molecule has 0 unspecified atom stereocenters. The summed E-state index contributed by atoms with van der Waals surface area (Å²) in [6, 6.07) is 7.76. The monoisotopic (exact) mass is 517 g/mol. The quantitative estimate of drug-likeness (QED) is 0.408. The van der Waals surface area contributed by atoms with Crippen LogP contribution in [0.4, 0.5) is 0 Å². The predicted octanol–water partition coefficient (Wildman–Crippen LogP) is 3.73. The average Bonchev–Trinajstić information content (AvgIpc) is 3.50. The summed E-state index contributed by atoms with van der Waals surface area (Å²) < 4.78 is 5.21. The maximum absolute atomic E-state index is 13.2. The molecule has 1 aliphatic carbocycles. The lowest BCUT2D eigenvalue weighted by Gasteiger charge is -2.31. The lowest BCUT2D eigenvalue weighted by atomic mass is 10.0. The van der Waals surface area contributed by atoms with Crippen LogP contribution in [0, 0.1) is 5.92 Å². The Balaban J connectivity index is 0.000000604. The molecule has 1 aromatic rings. The Morgan fingerprint density at radius 1 is 1.08 bits per heavy atom. The van der Waals surface area contributed by atoms with Gasteiger partial charge in [-0.3, -0.25) is 14.9 Å². The molecule has 1 heterocycles. The van der Waals surface area contributed by atoms with E-state index in [2.05, 4.69) is 31.0 Å². The van der Waals surface area contributed by atoms with Crippen molar-refractivity contribution in [1.82, 2.24) is 15.1 Å². The van der Waals surface area contributed by atoms with Gasteiger partial charge in [0.2, 0.25) is 5.91 Å². The highest BCUT2D eigenvalue weighted by atomic mass is 16.5. The maximum atomic E-state index is 13.2. The van der Waals surface area contributed by atoms with Gasteiger partial charge in [0.25, 0.3) is 0 Å². The molecule has 2 N–H and O–H groups in total. The van der Waals surface area contributed by atoms with E-state index in [-0.39, 0.29) is 30.4 Å². The van der Waals surface area contributed by atoms with Gasteiger partial charge < -0.3 is 19.6 Å². The molecule has 0 bridgehead atoms. The molecule has 2 fully saturated rings. The highest BCUT2D eigenvalue weighted by molar-refractivity contribution is 5.88. The van der Waals surface area contributed by atoms with Crippen LogP contribution in [0.1, 0.15) is 72.3 Å². The second-order valence-electron chi connectivity index (χ2n) is 9.93. The molecule has 0 spiro atoms. The van der Waals surface area contributed by atoms with Crippen molar-refractivity contribution in [3.63, 3.8) is 0 Å². The lowest BCUT2D eigenvalue weighted by Crippen LogP contribution is -2.55. The van der Waals surface area contributed by atoms with E-state index in [4.69, 9.17) is 4.74 Å². The van der Waals surface area contributed by atoms with Gasteiger partial charge in [-0.25, -0.2) is 4.79 Å². The Hall–Kier alpha value is -2.45. The fourth-order valence-corrected chi connectivity index (χ4v) is 5.56. The van der Waals surface area contributed by atoms with Crippen molar-refractivity contribution in [3.05, 3.63) is 35.9 Å². The van der Waals surface area contributed by atoms with Gasteiger partial charge in [-0.05, 0) is 77.1 Å². The summed E-state index contributed by atoms with van der Waals surface area (Å²) >= 11 is 0. The van der Waals surface area contributed by atoms with Crippen LogP contribution < -0.4 is 5.32 Å². The van der Waals surface area contributed by atoms with Crippen molar-refractivity contribution in [3.8, 4) is 0 Å². The first kappa shape index (κ1) is 30.8. The molecule has 5 atom stereocenters. The van der Waals surface area contributed by atoms with Gasteiger partial charge in [-0.1, -0.05) is 57.5 Å². The van der Waals surface area contributed by atoms with Crippen LogP contribution in [0.3, 0.4) is 0 Å². The Labute approximate surface area is 222 Å². The van der Waals surface area contributed by atoms with Crippen LogP contribution in [0.5, 0.6) is 0 Å². The number of nitrogens with one attached hydrogen (secondary N) is 1. The zero-order valence-corrected chi connectivity index (χ0v) is 23.3. The number of nitrogens with zero attached hydrogens (tertiary/aromatic N) is 2. The molecule has 2 aliphatic rings. The van der Waals surface area contributed by atoms with E-state index in [1.165, 1.54) is 19.6 Å². The molecule has 208 valence electrons. The molecule has 1 aromatic carbocycles. The van der Waals surface area contributed by atoms with Crippen molar-refractivity contribution in [1.29, 1.82) is 0 Å². The highest BCUT2D eigenvalue weighted by Crippen LogP contribution is 2.41. The summed E-state index contributed by atoms with van der Waals surface area (Å²) in [6.07, 6.45) is 4.54. The molecule has 37 heavy (non-hydrogen) atoms. The highest BCUT2D eigenvalue weighted by Gasteiger charge is 2.49. The third-order valence-electron chi connectivity index (χ3n) is 7.68. The van der Waals surface area contributed by atoms with Crippen LogP contribution in [0.15, 0.2) is 30.3 Å². The van der Waals surface area contributed by atoms with Crippen LogP contribution in [-0.2, 0) is 25.5 Å². The molecule has 1 amide bonds. The molecule has 0 radical (unpaired) electrons. The number of likely N-dealkylation sites (tertiary alicyclic amines) is 1. The van der Waals surface area contributed by atoms with E-state index in [0.29, 0.717) is 19.3 Å². The molecule has 1 aliphatic heterocycles. The van der Waals surface area contributed by atoms with E-state index in [1.54, 1.807) is 18.7 Å². The number of esters is 1. The van der Waals surface area contributed by atoms with Crippen molar-refractivity contribution in [2.24, 2.45) is 5.92 Å². The number of benzene rings is 1. The Bertz CT molecular complexity index is 840. The van der Waals surface area contributed by atoms with Crippen molar-refractivity contribution in [2.75, 3.05) is 26.2 Å². The van der Waals surface area contributed by atoms with Crippen LogP contribution in [0.2, 0.25) is 0 Å². The minimum Gasteiger partial charge on any atom is -0.480 e. The van der Waals surface area contributed by atoms with Gasteiger partial charge >= 0.3 is 11.9 Å². The lowest BCUT2D eigenvalue weighted by molar-refractivity contribution is -0.151. The number of rotatable bonds is 12. The van der Waals surface area contributed by atoms with Crippen molar-refractivity contribution < 1.29 is 24.2 Å². The van der Waals surface area contributed by atoms with Crippen LogP contribution in [-0.4, -0.2) is 83.2 Å². The predicted molar refractivity (Wildman–Crippen MR) is 145 cm³/mol. The zero-order valence-electron chi connectivity index (χ0n) is 23.3. The molecule has 1 saturated heterocycles. The number of aryl methyl sites for hydroxylation is 1. The molecule has 8 nitrogen and oxygen atoms in total. The number of carboxylic acids is 1. The fraction of sp³-hybridized carbons (Fsp3) is 0.690. The minimum atomic E-state index is -0.948. The molecular formula is C29H47N3O5. The molecule has 8 heteroatoms. The third-order valence-corrected chi connectivity index (χ3v) is 7.68. The van der Waals surface area contributed by atoms with Crippen LogP contribution in [0.25, 0.3) is 0 Å². The van der Waals surface area contributed by atoms with E-state index in [1.807, 2.05) is 30.3 Å². The largest absolute Gasteiger partial charge is 0.480 e. The van der Waals surface area contributed by atoms with Crippen molar-refractivity contribution in [2.45, 2.75) is 97.3 Å². The van der Waals surface area contributed by atoms with Gasteiger partial charge in [-0.15, -0.1) is 0 Å². The number of hydrogen-bond donors (Lipinski definition) is 2. The number of carboxylic acid groups (broad SMARTS) is 1. The Morgan fingerprint density at radius 3 is 2.27 bits per heavy atom. The van der Waals surface area contributed by atoms with E-state index in [9.17, 15) is 19.5 Å². The summed E-state index contributed by atoms with van der Waals surface area (Å²) in [4.78, 5) is 41.4. The Kier molecular flexibility index (Phi) is 13.1. The summed E-state index contributed by atoms with van der Waals surface area (Å²) in [5, 5.41) is 12.8. The van der Waals surface area contributed by atoms with Gasteiger partial charge in [-0.2, -0.15) is 0 Å². The number of carbonyl (C=O) groups excluding carboxylic acids is 2. The average molecular weight is 518 g/mol. The summed E-state index contributed by atoms with van der Waals surface area (Å²) in [5.74, 6) is -1.31. The summed E-state index contributed by atoms with van der Waals surface area (Å²) in [6.45, 7) is 13.8. The topological polar surface area (TPSA) is 99.2 Å². The van der Waals surface area contributed by atoms with Gasteiger partial charge in [0.05, 0.1) is 12.6 Å². The second kappa shape index (κ2) is 15.7. The van der Waals surface area contributed by atoms with Crippen molar-refractivity contribution >= 4 is 17.8 Å². The third kappa shape index (κ3) is 8.82. The summed E-state index contributed by atoms with van der Waals surface area (Å²) in [5.41, 5.74) is 1.10. The molecule has 1 saturated carbocycles. The van der Waals surface area contributed by atoms with E-state index in [0.717, 1.165) is 24.8 Å². The van der Waals surface area contributed by atoms with E-state index < -0.39 is 24.1 Å². The van der Waals surface area contributed by atoms with Gasteiger partial charge in [0.1, 0.15) is 12.1 Å². The molecule has 0 aromatic heterocycles. The van der Waals surface area contributed by atoms with Gasteiger partial charge in [0, 0.05) is 6.04 Å². The van der Waals surface area contributed by atoms with Crippen LogP contribution >= 0.6 is 0 Å². The number of fused-ring (bicyclic) bond motifs is 1. The number of carbonyl (C=O) groups is 3. The number of hydrogen-bond acceptors (Lipinski definition) is 6. The fourth-order valence-electron chi connectivity index (χ4n) is 5.56. The first-order valence-electron chi connectivity index (χ1n) is 14.0. The molecular weight excluding hydrogens is 470 g/mol. The molecule has 3 rings (SSSR count). The second-order valence-corrected chi connectivity index (χ2v) is 9.93. The first-order valence-corrected chi connectivity index (χ1v) is 14.0. The maximum Gasteiger partial charge on any atom is 0.326 e. The normalized spacial score (nSPS) is 22.1. The van der Waals surface area contributed by atoms with Gasteiger partial charge in [0.15, 0.2) is 0 Å². The Morgan fingerprint density at radius 2 is 1.73 bits per heavy atom. The minimum absolute atomic E-state index is 0.00629. The zero-order chi connectivity index (χ0) is 27.4. The smallest absolute Gasteiger partial charge is 0.326 e.